The standard InChI is InChI=1S/C13H16N2O2S/c14-13(18)10-3-1-2-4-11(10)17-8-7-12(16)15-9-5-6-9/h1-4,9H,5-8H2,(H2,14,18)(H,15,16). The van der Waals surface area contributed by atoms with E-state index in [0.29, 0.717) is 35.4 Å². The van der Waals surface area contributed by atoms with Gasteiger partial charge in [0, 0.05) is 6.04 Å². The average molecular weight is 264 g/mol. The second-order valence-corrected chi connectivity index (χ2v) is 4.74. The van der Waals surface area contributed by atoms with Crippen molar-refractivity contribution in [2.75, 3.05) is 6.61 Å². The van der Waals surface area contributed by atoms with Crippen LogP contribution in [0.2, 0.25) is 0 Å². The van der Waals surface area contributed by atoms with Gasteiger partial charge < -0.3 is 15.8 Å². The summed E-state index contributed by atoms with van der Waals surface area (Å²) in [6, 6.07) is 7.69. The number of carbonyl (C=O) groups is 1. The SMILES string of the molecule is NC(=S)c1ccccc1OCCC(=O)NC1CC1. The maximum Gasteiger partial charge on any atom is 0.223 e. The summed E-state index contributed by atoms with van der Waals surface area (Å²) in [7, 11) is 0. The third-order valence-corrected chi connectivity index (χ3v) is 2.90. The molecule has 96 valence electrons. The van der Waals surface area contributed by atoms with Crippen molar-refractivity contribution in [2.45, 2.75) is 25.3 Å². The van der Waals surface area contributed by atoms with E-state index in [2.05, 4.69) is 5.32 Å². The van der Waals surface area contributed by atoms with Crippen LogP contribution in [0.3, 0.4) is 0 Å². The number of hydrogen-bond donors (Lipinski definition) is 2. The lowest BCUT2D eigenvalue weighted by atomic mass is 10.2. The number of ether oxygens (including phenoxy) is 1. The van der Waals surface area contributed by atoms with Crippen molar-refractivity contribution >= 4 is 23.1 Å². The molecular formula is C13H16N2O2S. The molecule has 1 aliphatic carbocycles. The molecule has 1 aromatic carbocycles. The monoisotopic (exact) mass is 264 g/mol. The van der Waals surface area contributed by atoms with Gasteiger partial charge in [0.2, 0.25) is 5.91 Å². The number of nitrogens with one attached hydrogen (secondary N) is 1. The van der Waals surface area contributed by atoms with E-state index in [9.17, 15) is 4.79 Å². The topological polar surface area (TPSA) is 64.3 Å². The first-order valence-corrected chi connectivity index (χ1v) is 6.38. The van der Waals surface area contributed by atoms with Gasteiger partial charge in [-0.15, -0.1) is 0 Å². The number of nitrogens with two attached hydrogens (primary N) is 1. The van der Waals surface area contributed by atoms with Gasteiger partial charge in [0.05, 0.1) is 18.6 Å². The number of benzene rings is 1. The fourth-order valence-corrected chi connectivity index (χ4v) is 1.75. The van der Waals surface area contributed by atoms with Gasteiger partial charge in [-0.3, -0.25) is 4.79 Å². The van der Waals surface area contributed by atoms with Crippen LogP contribution in [0.5, 0.6) is 5.75 Å². The van der Waals surface area contributed by atoms with Crippen LogP contribution in [0, 0.1) is 0 Å². The third kappa shape index (κ3) is 3.70. The molecule has 0 aromatic heterocycles. The van der Waals surface area contributed by atoms with Crippen LogP contribution in [0.25, 0.3) is 0 Å². The smallest absolute Gasteiger partial charge is 0.223 e. The van der Waals surface area contributed by atoms with Crippen molar-refractivity contribution in [1.82, 2.24) is 5.32 Å². The van der Waals surface area contributed by atoms with Crippen molar-refractivity contribution in [1.29, 1.82) is 0 Å². The molecule has 18 heavy (non-hydrogen) atoms. The third-order valence-electron chi connectivity index (χ3n) is 2.68. The quantitative estimate of drug-likeness (QED) is 0.762. The Morgan fingerprint density at radius 1 is 1.44 bits per heavy atom. The van der Waals surface area contributed by atoms with E-state index in [-0.39, 0.29) is 5.91 Å². The van der Waals surface area contributed by atoms with Crippen molar-refractivity contribution < 1.29 is 9.53 Å². The second-order valence-electron chi connectivity index (χ2n) is 4.30. The van der Waals surface area contributed by atoms with Crippen LogP contribution in [-0.4, -0.2) is 23.5 Å². The molecule has 4 nitrogen and oxygen atoms in total. The molecule has 0 atom stereocenters. The Hall–Kier alpha value is -1.62. The Balaban J connectivity index is 1.82. The fourth-order valence-electron chi connectivity index (χ4n) is 1.58. The van der Waals surface area contributed by atoms with Crippen LogP contribution in [0.1, 0.15) is 24.8 Å². The van der Waals surface area contributed by atoms with Crippen LogP contribution in [0.15, 0.2) is 24.3 Å². The molecule has 0 heterocycles. The van der Waals surface area contributed by atoms with Crippen LogP contribution < -0.4 is 15.8 Å². The number of amides is 1. The first-order chi connectivity index (χ1) is 8.66. The summed E-state index contributed by atoms with van der Waals surface area (Å²) in [5.41, 5.74) is 6.30. The van der Waals surface area contributed by atoms with Gasteiger partial charge in [-0.25, -0.2) is 0 Å². The Morgan fingerprint density at radius 2 is 2.17 bits per heavy atom. The van der Waals surface area contributed by atoms with Crippen molar-refractivity contribution in [2.24, 2.45) is 5.73 Å². The second kappa shape index (κ2) is 5.82. The Bertz CT molecular complexity index is 458. The molecule has 0 bridgehead atoms. The summed E-state index contributed by atoms with van der Waals surface area (Å²) in [5, 5.41) is 2.91. The predicted octanol–water partition coefficient (Wildman–Crippen LogP) is 1.37. The normalized spacial score (nSPS) is 14.0. The van der Waals surface area contributed by atoms with E-state index in [1.165, 1.54) is 0 Å². The Kier molecular flexibility index (Phi) is 4.15. The minimum absolute atomic E-state index is 0.0327. The summed E-state index contributed by atoms with van der Waals surface area (Å²) in [6.07, 6.45) is 2.54. The van der Waals surface area contributed by atoms with E-state index in [0.717, 1.165) is 12.8 Å². The summed E-state index contributed by atoms with van der Waals surface area (Å²) >= 11 is 4.94. The van der Waals surface area contributed by atoms with E-state index in [1.807, 2.05) is 18.2 Å². The molecule has 0 aliphatic heterocycles. The molecule has 1 aliphatic rings. The van der Waals surface area contributed by atoms with Crippen LogP contribution >= 0.6 is 12.2 Å². The molecule has 1 aromatic rings. The first-order valence-electron chi connectivity index (χ1n) is 5.98. The highest BCUT2D eigenvalue weighted by Gasteiger charge is 2.22. The molecule has 0 spiro atoms. The van der Waals surface area contributed by atoms with Gasteiger partial charge in [0.25, 0.3) is 0 Å². The van der Waals surface area contributed by atoms with E-state index in [4.69, 9.17) is 22.7 Å². The van der Waals surface area contributed by atoms with Crippen molar-refractivity contribution in [3.8, 4) is 5.75 Å². The van der Waals surface area contributed by atoms with Gasteiger partial charge in [-0.1, -0.05) is 24.4 Å². The fraction of sp³-hybridized carbons (Fsp3) is 0.385. The molecule has 3 N–H and O–H groups in total. The zero-order valence-corrected chi connectivity index (χ0v) is 10.8. The van der Waals surface area contributed by atoms with Crippen molar-refractivity contribution in [3.63, 3.8) is 0 Å². The van der Waals surface area contributed by atoms with Crippen LogP contribution in [0.4, 0.5) is 0 Å². The molecular weight excluding hydrogens is 248 g/mol. The average Bonchev–Trinajstić information content (AvgIpc) is 3.13. The maximum absolute atomic E-state index is 11.5. The Labute approximate surface area is 112 Å². The molecule has 1 saturated carbocycles. The number of hydrogen-bond acceptors (Lipinski definition) is 3. The number of para-hydroxylation sites is 1. The van der Waals surface area contributed by atoms with E-state index >= 15 is 0 Å². The Morgan fingerprint density at radius 3 is 2.83 bits per heavy atom. The first kappa shape index (κ1) is 12.8. The van der Waals surface area contributed by atoms with Gasteiger partial charge in [0.1, 0.15) is 10.7 Å². The van der Waals surface area contributed by atoms with Crippen molar-refractivity contribution in [3.05, 3.63) is 29.8 Å². The number of rotatable bonds is 6. The highest BCUT2D eigenvalue weighted by atomic mass is 32.1. The maximum atomic E-state index is 11.5. The highest BCUT2D eigenvalue weighted by molar-refractivity contribution is 7.80. The summed E-state index contributed by atoms with van der Waals surface area (Å²) < 4.78 is 5.54. The van der Waals surface area contributed by atoms with Gasteiger partial charge in [0.15, 0.2) is 0 Å². The minimum Gasteiger partial charge on any atom is -0.492 e. The largest absolute Gasteiger partial charge is 0.492 e. The molecule has 1 fully saturated rings. The zero-order valence-electron chi connectivity index (χ0n) is 10.0. The summed E-state index contributed by atoms with van der Waals surface area (Å²) in [4.78, 5) is 11.8. The summed E-state index contributed by atoms with van der Waals surface area (Å²) in [5.74, 6) is 0.662. The van der Waals surface area contributed by atoms with Gasteiger partial charge in [-0.2, -0.15) is 0 Å². The van der Waals surface area contributed by atoms with Gasteiger partial charge >= 0.3 is 0 Å². The molecule has 2 rings (SSSR count). The number of carbonyl (C=O) groups excluding carboxylic acids is 1. The molecule has 0 saturated heterocycles. The lowest BCUT2D eigenvalue weighted by molar-refractivity contribution is -0.121. The van der Waals surface area contributed by atoms with E-state index < -0.39 is 0 Å². The minimum atomic E-state index is 0.0327. The molecule has 1 amide bonds. The lowest BCUT2D eigenvalue weighted by Crippen LogP contribution is -2.26. The molecule has 0 unspecified atom stereocenters. The number of thiocarbonyl (C=S) groups is 1. The highest BCUT2D eigenvalue weighted by Crippen LogP contribution is 2.19. The molecule has 0 radical (unpaired) electrons. The van der Waals surface area contributed by atoms with Crippen LogP contribution in [-0.2, 0) is 4.79 Å². The molecule has 5 heteroatoms. The summed E-state index contributed by atoms with van der Waals surface area (Å²) in [6.45, 7) is 0.332. The van der Waals surface area contributed by atoms with E-state index in [1.54, 1.807) is 6.07 Å². The zero-order chi connectivity index (χ0) is 13.0. The van der Waals surface area contributed by atoms with Gasteiger partial charge in [-0.05, 0) is 25.0 Å². The lowest BCUT2D eigenvalue weighted by Gasteiger charge is -2.10. The predicted molar refractivity (Wildman–Crippen MR) is 73.6 cm³/mol.